The van der Waals surface area contributed by atoms with E-state index in [0.717, 1.165) is 9.26 Å². The second kappa shape index (κ2) is 4.28. The van der Waals surface area contributed by atoms with E-state index in [0.29, 0.717) is 4.77 Å². The number of halogens is 1. The van der Waals surface area contributed by atoms with Crippen LogP contribution in [0.1, 0.15) is 0 Å². The average molecular weight is 330 g/mol. The minimum Gasteiger partial charge on any atom is -0.299 e. The molecule has 0 unspecified atom stereocenters. The van der Waals surface area contributed by atoms with Crippen LogP contribution >= 0.6 is 34.8 Å². The molecule has 1 aromatic heterocycles. The van der Waals surface area contributed by atoms with Gasteiger partial charge in [-0.25, -0.2) is 0 Å². The Balaban J connectivity index is 2.59. The van der Waals surface area contributed by atoms with E-state index in [1.54, 1.807) is 10.8 Å². The van der Waals surface area contributed by atoms with Gasteiger partial charge >= 0.3 is 0 Å². The second-order valence-electron chi connectivity index (χ2n) is 2.96. The zero-order chi connectivity index (χ0) is 10.8. The fourth-order valence-corrected chi connectivity index (χ4v) is 1.85. The number of H-pyrrole nitrogens is 1. The van der Waals surface area contributed by atoms with Gasteiger partial charge in [-0.05, 0) is 59.1 Å². The summed E-state index contributed by atoms with van der Waals surface area (Å²) in [6, 6.07) is 9.34. The van der Waals surface area contributed by atoms with Crippen molar-refractivity contribution in [3.8, 4) is 5.69 Å². The lowest BCUT2D eigenvalue weighted by molar-refractivity contribution is 0.937. The average Bonchev–Trinajstić information content (AvgIpc) is 2.20. The van der Waals surface area contributed by atoms with Gasteiger partial charge in [-0.3, -0.25) is 14.3 Å². The third-order valence-electron chi connectivity index (χ3n) is 1.93. The van der Waals surface area contributed by atoms with Crippen LogP contribution < -0.4 is 5.56 Å². The zero-order valence-electron chi connectivity index (χ0n) is 7.61. The van der Waals surface area contributed by atoms with Crippen LogP contribution in [0.15, 0.2) is 41.3 Å². The SMILES string of the molecule is O=c1ccn(-c2ccc(I)cc2)c(=S)[nH]1. The Morgan fingerprint density at radius 1 is 1.20 bits per heavy atom. The fraction of sp³-hybridized carbons (Fsp3) is 0. The minimum atomic E-state index is -0.179. The highest BCUT2D eigenvalue weighted by atomic mass is 127. The van der Waals surface area contributed by atoms with Crippen LogP contribution in [-0.2, 0) is 0 Å². The Kier molecular flexibility index (Phi) is 3.01. The van der Waals surface area contributed by atoms with E-state index in [-0.39, 0.29) is 5.56 Å². The summed E-state index contributed by atoms with van der Waals surface area (Å²) in [6.07, 6.45) is 1.67. The summed E-state index contributed by atoms with van der Waals surface area (Å²) in [5, 5.41) is 0. The molecule has 2 aromatic rings. The first kappa shape index (κ1) is 10.6. The van der Waals surface area contributed by atoms with E-state index < -0.39 is 0 Å². The van der Waals surface area contributed by atoms with E-state index in [4.69, 9.17) is 12.2 Å². The lowest BCUT2D eigenvalue weighted by Crippen LogP contribution is -2.09. The van der Waals surface area contributed by atoms with Gasteiger partial charge in [-0.2, -0.15) is 0 Å². The second-order valence-corrected chi connectivity index (χ2v) is 4.59. The maximum atomic E-state index is 11.0. The molecule has 2 rings (SSSR count). The van der Waals surface area contributed by atoms with Crippen LogP contribution in [0.25, 0.3) is 5.69 Å². The molecule has 0 radical (unpaired) electrons. The number of nitrogens with one attached hydrogen (secondary N) is 1. The number of nitrogens with zero attached hydrogens (tertiary/aromatic N) is 1. The summed E-state index contributed by atoms with van der Waals surface area (Å²) in [6.45, 7) is 0. The van der Waals surface area contributed by atoms with Crippen molar-refractivity contribution in [3.05, 3.63) is 55.2 Å². The number of rotatable bonds is 1. The van der Waals surface area contributed by atoms with E-state index in [9.17, 15) is 4.79 Å². The van der Waals surface area contributed by atoms with Gasteiger partial charge in [-0.1, -0.05) is 0 Å². The van der Waals surface area contributed by atoms with Crippen molar-refractivity contribution in [2.45, 2.75) is 0 Å². The van der Waals surface area contributed by atoms with Gasteiger partial charge < -0.3 is 0 Å². The van der Waals surface area contributed by atoms with Crippen LogP contribution in [0.2, 0.25) is 0 Å². The highest BCUT2D eigenvalue weighted by Gasteiger charge is 1.96. The molecule has 0 atom stereocenters. The van der Waals surface area contributed by atoms with Crippen molar-refractivity contribution in [3.63, 3.8) is 0 Å². The molecule has 1 N–H and O–H groups in total. The number of aromatic amines is 1. The Bertz CT molecular complexity index is 585. The molecular formula is C10H7IN2OS. The summed E-state index contributed by atoms with van der Waals surface area (Å²) in [7, 11) is 0. The zero-order valence-corrected chi connectivity index (χ0v) is 10.6. The summed E-state index contributed by atoms with van der Waals surface area (Å²) in [5.41, 5.74) is 0.762. The largest absolute Gasteiger partial charge is 0.299 e. The highest BCUT2D eigenvalue weighted by molar-refractivity contribution is 14.1. The summed E-state index contributed by atoms with van der Waals surface area (Å²) < 4.78 is 3.32. The highest BCUT2D eigenvalue weighted by Crippen LogP contribution is 2.10. The molecular weight excluding hydrogens is 323 g/mol. The van der Waals surface area contributed by atoms with Crippen molar-refractivity contribution in [1.82, 2.24) is 9.55 Å². The van der Waals surface area contributed by atoms with E-state index in [1.165, 1.54) is 6.07 Å². The molecule has 5 heteroatoms. The van der Waals surface area contributed by atoms with Crippen molar-refractivity contribution in [2.24, 2.45) is 0 Å². The predicted octanol–water partition coefficient (Wildman–Crippen LogP) is 2.50. The Morgan fingerprint density at radius 2 is 1.87 bits per heavy atom. The van der Waals surface area contributed by atoms with Crippen molar-refractivity contribution in [1.29, 1.82) is 0 Å². The van der Waals surface area contributed by atoms with Gasteiger partial charge in [0.05, 0.1) is 0 Å². The molecule has 0 bridgehead atoms. The van der Waals surface area contributed by atoms with Gasteiger partial charge in [0.25, 0.3) is 5.56 Å². The van der Waals surface area contributed by atoms with Crippen LogP contribution in [0.5, 0.6) is 0 Å². The summed E-state index contributed by atoms with van der Waals surface area (Å²) in [5.74, 6) is 0. The molecule has 3 nitrogen and oxygen atoms in total. The molecule has 0 fully saturated rings. The van der Waals surface area contributed by atoms with Crippen LogP contribution in [-0.4, -0.2) is 9.55 Å². The van der Waals surface area contributed by atoms with E-state index in [2.05, 4.69) is 27.6 Å². The number of benzene rings is 1. The summed E-state index contributed by atoms with van der Waals surface area (Å²) in [4.78, 5) is 13.6. The quantitative estimate of drug-likeness (QED) is 0.644. The van der Waals surface area contributed by atoms with Crippen LogP contribution in [0.3, 0.4) is 0 Å². The molecule has 1 heterocycles. The molecule has 0 aliphatic carbocycles. The van der Waals surface area contributed by atoms with Crippen LogP contribution in [0, 0.1) is 8.34 Å². The fourth-order valence-electron chi connectivity index (χ4n) is 1.22. The lowest BCUT2D eigenvalue weighted by atomic mass is 10.3. The van der Waals surface area contributed by atoms with E-state index >= 15 is 0 Å². The Morgan fingerprint density at radius 3 is 2.47 bits per heavy atom. The maximum absolute atomic E-state index is 11.0. The van der Waals surface area contributed by atoms with Gasteiger partial charge in [0.1, 0.15) is 0 Å². The van der Waals surface area contributed by atoms with Crippen molar-refractivity contribution >= 4 is 34.8 Å². The molecule has 0 amide bonds. The molecule has 0 aliphatic rings. The van der Waals surface area contributed by atoms with Gasteiger partial charge in [0.15, 0.2) is 4.77 Å². The van der Waals surface area contributed by atoms with Gasteiger partial charge in [0, 0.05) is 21.5 Å². The molecule has 76 valence electrons. The molecule has 0 saturated heterocycles. The number of hydrogen-bond acceptors (Lipinski definition) is 2. The molecule has 0 aliphatic heterocycles. The lowest BCUT2D eigenvalue weighted by Gasteiger charge is -2.05. The first-order chi connectivity index (χ1) is 7.16. The molecule has 0 spiro atoms. The third kappa shape index (κ3) is 2.35. The number of hydrogen-bond donors (Lipinski definition) is 1. The topological polar surface area (TPSA) is 37.8 Å². The third-order valence-corrected chi connectivity index (χ3v) is 2.95. The van der Waals surface area contributed by atoms with E-state index in [1.807, 2.05) is 24.3 Å². The van der Waals surface area contributed by atoms with Crippen LogP contribution in [0.4, 0.5) is 0 Å². The standard InChI is InChI=1S/C10H7IN2OS/c11-7-1-3-8(4-2-7)13-6-5-9(14)12-10(13)15/h1-6H,(H,12,14,15). The van der Waals surface area contributed by atoms with Crippen molar-refractivity contribution in [2.75, 3.05) is 0 Å². The number of aromatic nitrogens is 2. The predicted molar refractivity (Wildman–Crippen MR) is 69.9 cm³/mol. The first-order valence-electron chi connectivity index (χ1n) is 4.25. The Hall–Kier alpha value is -0.950. The summed E-state index contributed by atoms with van der Waals surface area (Å²) >= 11 is 7.30. The minimum absolute atomic E-state index is 0.179. The first-order valence-corrected chi connectivity index (χ1v) is 5.73. The molecule has 0 saturated carbocycles. The smallest absolute Gasteiger partial charge is 0.251 e. The monoisotopic (exact) mass is 330 g/mol. The Labute approximate surface area is 105 Å². The normalized spacial score (nSPS) is 10.2. The molecule has 1 aromatic carbocycles. The van der Waals surface area contributed by atoms with Crippen molar-refractivity contribution < 1.29 is 0 Å². The van der Waals surface area contributed by atoms with Gasteiger partial charge in [0.2, 0.25) is 0 Å². The maximum Gasteiger partial charge on any atom is 0.251 e. The van der Waals surface area contributed by atoms with Gasteiger partial charge in [-0.15, -0.1) is 0 Å². The molecule has 15 heavy (non-hydrogen) atoms.